The molecule has 0 radical (unpaired) electrons. The van der Waals surface area contributed by atoms with Crippen LogP contribution in [0.2, 0.25) is 10.3 Å². The van der Waals surface area contributed by atoms with Crippen molar-refractivity contribution in [2.75, 3.05) is 0 Å². The molecule has 2 aromatic rings. The van der Waals surface area contributed by atoms with Gasteiger partial charge in [-0.2, -0.15) is 8.42 Å². The molecule has 0 saturated heterocycles. The Morgan fingerprint density at radius 1 is 1.19 bits per heavy atom. The van der Waals surface area contributed by atoms with E-state index in [-0.39, 0.29) is 15.2 Å². The third-order valence-electron chi connectivity index (χ3n) is 2.02. The molecule has 16 heavy (non-hydrogen) atoms. The molecule has 84 valence electrons. The van der Waals surface area contributed by atoms with Gasteiger partial charge >= 0.3 is 0 Å². The SMILES string of the molecule is O=S(=O)(O)c1ccc2c(Cl)nc(Cl)cc2c1. The summed E-state index contributed by atoms with van der Waals surface area (Å²) in [5, 5.41) is 1.41. The van der Waals surface area contributed by atoms with Crippen LogP contribution in [0.4, 0.5) is 0 Å². The van der Waals surface area contributed by atoms with Gasteiger partial charge in [0.15, 0.2) is 0 Å². The molecule has 0 spiro atoms. The Bertz CT molecular complexity index is 670. The van der Waals surface area contributed by atoms with E-state index in [2.05, 4.69) is 4.98 Å². The lowest BCUT2D eigenvalue weighted by molar-refractivity contribution is 0.483. The van der Waals surface area contributed by atoms with E-state index in [1.165, 1.54) is 24.3 Å². The summed E-state index contributed by atoms with van der Waals surface area (Å²) in [4.78, 5) is 3.60. The zero-order valence-corrected chi connectivity index (χ0v) is 10.0. The highest BCUT2D eigenvalue weighted by Gasteiger charge is 2.11. The van der Waals surface area contributed by atoms with Crippen molar-refractivity contribution in [1.82, 2.24) is 4.98 Å². The molecule has 0 bridgehead atoms. The Hall–Kier alpha value is -0.880. The average Bonchev–Trinajstić information content (AvgIpc) is 2.15. The number of aromatic nitrogens is 1. The van der Waals surface area contributed by atoms with Gasteiger partial charge in [-0.3, -0.25) is 4.55 Å². The zero-order valence-electron chi connectivity index (χ0n) is 7.68. The molecule has 7 heteroatoms. The first-order valence-corrected chi connectivity index (χ1v) is 6.31. The third kappa shape index (κ3) is 2.12. The van der Waals surface area contributed by atoms with Gasteiger partial charge in [0.2, 0.25) is 0 Å². The van der Waals surface area contributed by atoms with Crippen LogP contribution in [0.5, 0.6) is 0 Å². The molecule has 0 amide bonds. The molecule has 0 aliphatic heterocycles. The van der Waals surface area contributed by atoms with Crippen LogP contribution in [0.25, 0.3) is 10.8 Å². The number of pyridine rings is 1. The van der Waals surface area contributed by atoms with Crippen molar-refractivity contribution in [3.05, 3.63) is 34.6 Å². The lowest BCUT2D eigenvalue weighted by atomic mass is 10.2. The second kappa shape index (κ2) is 3.85. The maximum atomic E-state index is 10.9. The van der Waals surface area contributed by atoms with E-state index in [9.17, 15) is 8.42 Å². The van der Waals surface area contributed by atoms with Gasteiger partial charge in [-0.25, -0.2) is 4.98 Å². The van der Waals surface area contributed by atoms with E-state index in [1.54, 1.807) is 0 Å². The van der Waals surface area contributed by atoms with Crippen LogP contribution < -0.4 is 0 Å². The van der Waals surface area contributed by atoms with Crippen molar-refractivity contribution >= 4 is 44.1 Å². The summed E-state index contributed by atoms with van der Waals surface area (Å²) in [6.07, 6.45) is 0. The van der Waals surface area contributed by atoms with E-state index < -0.39 is 10.1 Å². The molecular formula is C9H5Cl2NO3S. The first-order valence-electron chi connectivity index (χ1n) is 4.11. The zero-order chi connectivity index (χ0) is 11.9. The van der Waals surface area contributed by atoms with Gasteiger partial charge < -0.3 is 0 Å². The number of benzene rings is 1. The first-order chi connectivity index (χ1) is 7.38. The summed E-state index contributed by atoms with van der Waals surface area (Å²) >= 11 is 11.5. The normalized spacial score (nSPS) is 11.9. The molecule has 0 atom stereocenters. The molecule has 0 unspecified atom stereocenters. The van der Waals surface area contributed by atoms with Crippen LogP contribution in [0.3, 0.4) is 0 Å². The Kier molecular flexibility index (Phi) is 2.79. The first kappa shape index (κ1) is 11.6. The van der Waals surface area contributed by atoms with Gasteiger partial charge in [-0.05, 0) is 29.7 Å². The smallest absolute Gasteiger partial charge is 0.282 e. The molecule has 0 saturated carbocycles. The molecule has 1 aromatic carbocycles. The summed E-state index contributed by atoms with van der Waals surface area (Å²) in [5.74, 6) is 0. The Balaban J connectivity index is 2.81. The molecule has 4 nitrogen and oxygen atoms in total. The molecule has 0 aliphatic carbocycles. The largest absolute Gasteiger partial charge is 0.294 e. The van der Waals surface area contributed by atoms with E-state index >= 15 is 0 Å². The minimum absolute atomic E-state index is 0.157. The fourth-order valence-corrected chi connectivity index (χ4v) is 2.35. The van der Waals surface area contributed by atoms with Gasteiger partial charge in [-0.15, -0.1) is 0 Å². The Morgan fingerprint density at radius 3 is 2.50 bits per heavy atom. The molecule has 0 fully saturated rings. The number of halogens is 2. The van der Waals surface area contributed by atoms with Gasteiger partial charge in [-0.1, -0.05) is 23.2 Å². The fourth-order valence-electron chi connectivity index (χ4n) is 1.32. The van der Waals surface area contributed by atoms with Crippen LogP contribution in [0, 0.1) is 0 Å². The summed E-state index contributed by atoms with van der Waals surface area (Å²) in [5.41, 5.74) is 0. The Morgan fingerprint density at radius 2 is 1.88 bits per heavy atom. The molecule has 1 heterocycles. The molecule has 0 aliphatic rings. The van der Waals surface area contributed by atoms with E-state index in [4.69, 9.17) is 27.8 Å². The van der Waals surface area contributed by atoms with Gasteiger partial charge in [0.05, 0.1) is 4.90 Å². The monoisotopic (exact) mass is 277 g/mol. The second-order valence-corrected chi connectivity index (χ2v) is 5.26. The summed E-state index contributed by atoms with van der Waals surface area (Å²) < 4.78 is 30.7. The maximum Gasteiger partial charge on any atom is 0.294 e. The minimum atomic E-state index is -4.23. The van der Waals surface area contributed by atoms with Crippen LogP contribution in [0.1, 0.15) is 0 Å². The lowest BCUT2D eigenvalue weighted by Gasteiger charge is -2.03. The highest BCUT2D eigenvalue weighted by atomic mass is 35.5. The van der Waals surface area contributed by atoms with Crippen molar-refractivity contribution in [1.29, 1.82) is 0 Å². The van der Waals surface area contributed by atoms with Crippen molar-refractivity contribution < 1.29 is 13.0 Å². The van der Waals surface area contributed by atoms with Crippen LogP contribution in [-0.2, 0) is 10.1 Å². The van der Waals surface area contributed by atoms with Crippen LogP contribution in [0.15, 0.2) is 29.2 Å². The van der Waals surface area contributed by atoms with E-state index in [1.807, 2.05) is 0 Å². The third-order valence-corrected chi connectivity index (χ3v) is 3.35. The number of hydrogen-bond acceptors (Lipinski definition) is 3. The highest BCUT2D eigenvalue weighted by Crippen LogP contribution is 2.26. The number of nitrogens with zero attached hydrogens (tertiary/aromatic N) is 1. The predicted molar refractivity (Wildman–Crippen MR) is 61.6 cm³/mol. The average molecular weight is 278 g/mol. The summed E-state index contributed by atoms with van der Waals surface area (Å²) in [6.45, 7) is 0. The van der Waals surface area contributed by atoms with Crippen molar-refractivity contribution in [3.63, 3.8) is 0 Å². The molecular weight excluding hydrogens is 273 g/mol. The molecule has 1 aromatic heterocycles. The second-order valence-electron chi connectivity index (χ2n) is 3.09. The number of rotatable bonds is 1. The van der Waals surface area contributed by atoms with E-state index in [0.29, 0.717) is 10.8 Å². The van der Waals surface area contributed by atoms with Gasteiger partial charge in [0.25, 0.3) is 10.1 Å². The molecule has 2 rings (SSSR count). The number of fused-ring (bicyclic) bond motifs is 1. The number of hydrogen-bond donors (Lipinski definition) is 1. The summed E-state index contributed by atoms with van der Waals surface area (Å²) in [7, 11) is -4.23. The molecule has 1 N–H and O–H groups in total. The van der Waals surface area contributed by atoms with Gasteiger partial charge in [0, 0.05) is 5.39 Å². The highest BCUT2D eigenvalue weighted by molar-refractivity contribution is 7.85. The maximum absolute atomic E-state index is 10.9. The van der Waals surface area contributed by atoms with Crippen molar-refractivity contribution in [3.8, 4) is 0 Å². The van der Waals surface area contributed by atoms with Crippen LogP contribution >= 0.6 is 23.2 Å². The predicted octanol–water partition coefficient (Wildman–Crippen LogP) is 2.79. The fraction of sp³-hybridized carbons (Fsp3) is 0. The van der Waals surface area contributed by atoms with Crippen LogP contribution in [-0.4, -0.2) is 18.0 Å². The Labute approximate surface area is 102 Å². The lowest BCUT2D eigenvalue weighted by Crippen LogP contribution is -1.97. The standard InChI is InChI=1S/C9H5Cl2NO3S/c10-8-4-5-3-6(16(13,14)15)1-2-7(5)9(11)12-8/h1-4H,(H,13,14,15). The van der Waals surface area contributed by atoms with Gasteiger partial charge in [0.1, 0.15) is 10.3 Å². The van der Waals surface area contributed by atoms with Crippen molar-refractivity contribution in [2.45, 2.75) is 4.90 Å². The quantitative estimate of drug-likeness (QED) is 0.643. The topological polar surface area (TPSA) is 67.3 Å². The van der Waals surface area contributed by atoms with E-state index in [0.717, 1.165) is 0 Å². The summed E-state index contributed by atoms with van der Waals surface area (Å²) in [6, 6.07) is 5.46. The minimum Gasteiger partial charge on any atom is -0.282 e. The van der Waals surface area contributed by atoms with Crippen molar-refractivity contribution in [2.24, 2.45) is 0 Å².